The molecular weight excluding hydrogens is 484 g/mol. The van der Waals surface area contributed by atoms with E-state index >= 15 is 0 Å². The van der Waals surface area contributed by atoms with E-state index in [4.69, 9.17) is 4.74 Å². The number of rotatable bonds is 6. The van der Waals surface area contributed by atoms with E-state index in [2.05, 4.69) is 30.8 Å². The number of aromatic amines is 1. The summed E-state index contributed by atoms with van der Waals surface area (Å²) in [6, 6.07) is 12.4. The summed E-state index contributed by atoms with van der Waals surface area (Å²) in [7, 11) is 3.52. The molecule has 3 N–H and O–H groups in total. The van der Waals surface area contributed by atoms with E-state index in [9.17, 15) is 9.59 Å². The molecule has 196 valence electrons. The van der Waals surface area contributed by atoms with Crippen molar-refractivity contribution in [3.05, 3.63) is 66.0 Å². The molecule has 0 aliphatic carbocycles. The standard InChI is InChI=1S/C27H30N8O3/c1-17-10-12-28-22(15-17)31-26(36)18-6-8-20(9-7-18)38-21-11-13-29-24-23(21)25(33-32-24)30-19-5-4-14-35(16-19)27(37)34(2)3/h6-13,15,19H,4-5,14,16H2,1-3H3,(H,28,31,36)(H2,29,30,32,33)/t19-/m1/s1. The number of fused-ring (bicyclic) bond motifs is 1. The van der Waals surface area contributed by atoms with Crippen molar-refractivity contribution in [2.45, 2.75) is 25.8 Å². The van der Waals surface area contributed by atoms with Crippen molar-refractivity contribution >= 4 is 34.6 Å². The van der Waals surface area contributed by atoms with Gasteiger partial charge in [0.05, 0.1) is 0 Å². The van der Waals surface area contributed by atoms with Crippen molar-refractivity contribution < 1.29 is 14.3 Å². The Morgan fingerprint density at radius 1 is 1.11 bits per heavy atom. The second kappa shape index (κ2) is 10.8. The fraction of sp³-hybridized carbons (Fsp3) is 0.296. The van der Waals surface area contributed by atoms with Gasteiger partial charge in [0.1, 0.15) is 22.7 Å². The van der Waals surface area contributed by atoms with Crippen LogP contribution in [-0.2, 0) is 0 Å². The zero-order valence-electron chi connectivity index (χ0n) is 21.6. The predicted molar refractivity (Wildman–Crippen MR) is 145 cm³/mol. The van der Waals surface area contributed by atoms with Gasteiger partial charge in [-0.25, -0.2) is 14.8 Å². The Morgan fingerprint density at radius 3 is 2.66 bits per heavy atom. The Labute approximate surface area is 220 Å². The van der Waals surface area contributed by atoms with Crippen LogP contribution in [0.4, 0.5) is 16.4 Å². The molecule has 38 heavy (non-hydrogen) atoms. The third-order valence-electron chi connectivity index (χ3n) is 6.34. The fourth-order valence-corrected chi connectivity index (χ4v) is 4.45. The van der Waals surface area contributed by atoms with E-state index in [1.165, 1.54) is 0 Å². The summed E-state index contributed by atoms with van der Waals surface area (Å²) in [4.78, 5) is 37.0. The van der Waals surface area contributed by atoms with Crippen LogP contribution in [0.5, 0.6) is 11.5 Å². The molecule has 1 saturated heterocycles. The first kappa shape index (κ1) is 25.0. The molecule has 4 heterocycles. The van der Waals surface area contributed by atoms with Gasteiger partial charge in [0.15, 0.2) is 11.5 Å². The number of ether oxygens (including phenoxy) is 1. The number of hydrogen-bond donors (Lipinski definition) is 3. The normalized spacial score (nSPS) is 15.2. The maximum atomic E-state index is 12.6. The van der Waals surface area contributed by atoms with Gasteiger partial charge in [0.2, 0.25) is 0 Å². The number of pyridine rings is 2. The van der Waals surface area contributed by atoms with Crippen molar-refractivity contribution in [2.24, 2.45) is 0 Å². The molecule has 4 aromatic rings. The molecule has 0 radical (unpaired) electrons. The molecule has 5 rings (SSSR count). The number of nitrogens with one attached hydrogen (secondary N) is 3. The predicted octanol–water partition coefficient (Wildman–Crippen LogP) is 4.26. The lowest BCUT2D eigenvalue weighted by Crippen LogP contribution is -2.48. The molecule has 3 amide bonds. The van der Waals surface area contributed by atoms with E-state index < -0.39 is 0 Å². The molecule has 0 bridgehead atoms. The zero-order chi connectivity index (χ0) is 26.6. The van der Waals surface area contributed by atoms with Crippen LogP contribution in [0, 0.1) is 6.92 Å². The summed E-state index contributed by atoms with van der Waals surface area (Å²) in [5, 5.41) is 14.4. The number of nitrogens with zero attached hydrogens (tertiary/aromatic N) is 5. The van der Waals surface area contributed by atoms with Crippen molar-refractivity contribution in [3.8, 4) is 11.5 Å². The molecule has 0 saturated carbocycles. The number of aromatic nitrogens is 4. The number of urea groups is 1. The lowest BCUT2D eigenvalue weighted by Gasteiger charge is -2.34. The number of benzene rings is 1. The Hall–Kier alpha value is -4.67. The minimum atomic E-state index is -0.253. The fourth-order valence-electron chi connectivity index (χ4n) is 4.45. The van der Waals surface area contributed by atoms with E-state index in [0.29, 0.717) is 40.9 Å². The van der Waals surface area contributed by atoms with Gasteiger partial charge in [0.25, 0.3) is 5.91 Å². The Morgan fingerprint density at radius 2 is 1.89 bits per heavy atom. The van der Waals surface area contributed by atoms with Crippen LogP contribution >= 0.6 is 0 Å². The number of piperidine rings is 1. The largest absolute Gasteiger partial charge is 0.456 e. The molecule has 11 nitrogen and oxygen atoms in total. The Kier molecular flexibility index (Phi) is 7.07. The molecule has 11 heteroatoms. The third kappa shape index (κ3) is 5.51. The minimum absolute atomic E-state index is 0.00125. The number of carbonyl (C=O) groups is 2. The summed E-state index contributed by atoms with van der Waals surface area (Å²) in [5.41, 5.74) is 2.09. The highest BCUT2D eigenvalue weighted by Crippen LogP contribution is 2.33. The number of likely N-dealkylation sites (tertiary alicyclic amines) is 1. The van der Waals surface area contributed by atoms with Crippen LogP contribution in [0.15, 0.2) is 54.9 Å². The summed E-state index contributed by atoms with van der Waals surface area (Å²) in [5.74, 6) is 2.01. The van der Waals surface area contributed by atoms with Crippen LogP contribution in [0.3, 0.4) is 0 Å². The summed E-state index contributed by atoms with van der Waals surface area (Å²) in [6.07, 6.45) is 5.13. The van der Waals surface area contributed by atoms with Crippen molar-refractivity contribution in [1.82, 2.24) is 30.0 Å². The summed E-state index contributed by atoms with van der Waals surface area (Å²) < 4.78 is 6.18. The lowest BCUT2D eigenvalue weighted by molar-refractivity contribution is 0.102. The highest BCUT2D eigenvalue weighted by atomic mass is 16.5. The number of H-pyrrole nitrogens is 1. The molecule has 0 unspecified atom stereocenters. The zero-order valence-corrected chi connectivity index (χ0v) is 21.6. The van der Waals surface area contributed by atoms with Crippen molar-refractivity contribution in [1.29, 1.82) is 0 Å². The minimum Gasteiger partial charge on any atom is -0.456 e. The van der Waals surface area contributed by atoms with Gasteiger partial charge in [-0.1, -0.05) is 0 Å². The highest BCUT2D eigenvalue weighted by molar-refractivity contribution is 6.03. The number of hydrogen-bond acceptors (Lipinski definition) is 7. The maximum Gasteiger partial charge on any atom is 0.319 e. The molecule has 0 spiro atoms. The molecule has 1 aromatic carbocycles. The van der Waals surface area contributed by atoms with Gasteiger partial charge < -0.3 is 25.2 Å². The quantitative estimate of drug-likeness (QED) is 0.351. The first-order valence-corrected chi connectivity index (χ1v) is 12.4. The van der Waals surface area contributed by atoms with Crippen LogP contribution in [0.1, 0.15) is 28.8 Å². The monoisotopic (exact) mass is 514 g/mol. The topological polar surface area (TPSA) is 128 Å². The molecule has 1 fully saturated rings. The SMILES string of the molecule is Cc1ccnc(NC(=O)c2ccc(Oc3ccnc4[nH]nc(N[C@@H]5CCCN(C(=O)N(C)C)C5)c34)cc2)c1. The number of anilines is 2. The van der Waals surface area contributed by atoms with Crippen LogP contribution in [0.25, 0.3) is 11.0 Å². The average Bonchev–Trinajstić information content (AvgIpc) is 3.32. The van der Waals surface area contributed by atoms with Gasteiger partial charge in [-0.15, -0.1) is 0 Å². The van der Waals surface area contributed by atoms with Crippen molar-refractivity contribution in [2.75, 3.05) is 37.8 Å². The highest BCUT2D eigenvalue weighted by Gasteiger charge is 2.26. The second-order valence-corrected chi connectivity index (χ2v) is 9.51. The maximum absolute atomic E-state index is 12.6. The van der Waals surface area contributed by atoms with Gasteiger partial charge in [-0.2, -0.15) is 5.10 Å². The molecule has 1 atom stereocenters. The summed E-state index contributed by atoms with van der Waals surface area (Å²) in [6.45, 7) is 3.27. The molecule has 1 aliphatic rings. The van der Waals surface area contributed by atoms with Crippen molar-refractivity contribution in [3.63, 3.8) is 0 Å². The van der Waals surface area contributed by atoms with E-state index in [1.54, 1.807) is 61.7 Å². The van der Waals surface area contributed by atoms with Gasteiger partial charge in [-0.05, 0) is 61.7 Å². The summed E-state index contributed by atoms with van der Waals surface area (Å²) >= 11 is 0. The van der Waals surface area contributed by atoms with Gasteiger partial charge in [0, 0.05) is 57.3 Å². The van der Waals surface area contributed by atoms with Gasteiger partial charge >= 0.3 is 6.03 Å². The Bertz CT molecular complexity index is 1450. The molecule has 3 aromatic heterocycles. The molecule has 1 aliphatic heterocycles. The smallest absolute Gasteiger partial charge is 0.319 e. The number of carbonyl (C=O) groups excluding carboxylic acids is 2. The first-order valence-electron chi connectivity index (χ1n) is 12.4. The van der Waals surface area contributed by atoms with E-state index in [0.717, 1.165) is 30.3 Å². The van der Waals surface area contributed by atoms with E-state index in [1.807, 2.05) is 24.0 Å². The van der Waals surface area contributed by atoms with Crippen LogP contribution in [0.2, 0.25) is 0 Å². The number of aryl methyl sites for hydroxylation is 1. The molecular formula is C27H30N8O3. The van der Waals surface area contributed by atoms with E-state index in [-0.39, 0.29) is 18.0 Å². The Balaban J connectivity index is 1.30. The lowest BCUT2D eigenvalue weighted by atomic mass is 10.1. The third-order valence-corrected chi connectivity index (χ3v) is 6.34. The van der Waals surface area contributed by atoms with Crippen LogP contribution < -0.4 is 15.4 Å². The number of amides is 3. The first-order chi connectivity index (χ1) is 18.4. The van der Waals surface area contributed by atoms with Crippen LogP contribution in [-0.4, -0.2) is 75.1 Å². The second-order valence-electron chi connectivity index (χ2n) is 9.51. The van der Waals surface area contributed by atoms with Gasteiger partial charge in [-0.3, -0.25) is 9.89 Å². The average molecular weight is 515 g/mol.